The lowest BCUT2D eigenvalue weighted by Crippen LogP contribution is -2.02. The maximum Gasteiger partial charge on any atom is 0.191 e. The molecule has 0 amide bonds. The highest BCUT2D eigenvalue weighted by Gasteiger charge is 2.09. The molecule has 3 rings (SSSR count). The van der Waals surface area contributed by atoms with Gasteiger partial charge in [0.25, 0.3) is 0 Å². The monoisotopic (exact) mass is 371 g/mol. The average molecular weight is 372 g/mol. The molecular weight excluding hydrogens is 350 g/mol. The van der Waals surface area contributed by atoms with Gasteiger partial charge in [-0.3, -0.25) is 0 Å². The normalized spacial score (nSPS) is 10.8. The van der Waals surface area contributed by atoms with Crippen LogP contribution < -0.4 is 4.74 Å². The Morgan fingerprint density at radius 3 is 2.48 bits per heavy atom. The van der Waals surface area contributed by atoms with Crippen molar-refractivity contribution in [3.8, 4) is 5.75 Å². The fourth-order valence-electron chi connectivity index (χ4n) is 2.19. The minimum atomic E-state index is 0.648. The quantitative estimate of drug-likeness (QED) is 0.428. The minimum Gasteiger partial charge on any atom is -0.493 e. The van der Waals surface area contributed by atoms with Crippen LogP contribution in [0.1, 0.15) is 11.4 Å². The van der Waals surface area contributed by atoms with Crippen LogP contribution in [0, 0.1) is 6.92 Å². The summed E-state index contributed by atoms with van der Waals surface area (Å²) in [7, 11) is 2.02. The molecule has 130 valence electrons. The van der Waals surface area contributed by atoms with Crippen LogP contribution in [0.4, 0.5) is 0 Å². The molecule has 0 unspecified atom stereocenters. The second kappa shape index (κ2) is 8.97. The van der Waals surface area contributed by atoms with E-state index in [0.29, 0.717) is 6.61 Å². The third-order valence-electron chi connectivity index (χ3n) is 3.64. The summed E-state index contributed by atoms with van der Waals surface area (Å²) in [6, 6.07) is 18.4. The largest absolute Gasteiger partial charge is 0.493 e. The molecule has 25 heavy (non-hydrogen) atoms. The maximum absolute atomic E-state index is 5.71. The first-order chi connectivity index (χ1) is 12.2. The first-order valence-corrected chi connectivity index (χ1v) is 10.1. The van der Waals surface area contributed by atoms with E-state index in [9.17, 15) is 0 Å². The fourth-order valence-corrected chi connectivity index (χ4v) is 3.81. The fraction of sp³-hybridized carbons (Fsp3) is 0.263. The van der Waals surface area contributed by atoms with Crippen LogP contribution >= 0.6 is 23.5 Å². The molecule has 2 aromatic carbocycles. The summed E-state index contributed by atoms with van der Waals surface area (Å²) in [5.41, 5.74) is 1.28. The number of rotatable bonds is 8. The summed E-state index contributed by atoms with van der Waals surface area (Å²) in [5, 5.41) is 9.54. The first-order valence-electron chi connectivity index (χ1n) is 8.11. The number of hydrogen-bond acceptors (Lipinski definition) is 5. The Morgan fingerprint density at radius 2 is 1.72 bits per heavy atom. The minimum absolute atomic E-state index is 0.648. The number of benzene rings is 2. The maximum atomic E-state index is 5.71. The second-order valence-corrected chi connectivity index (χ2v) is 7.68. The number of nitrogens with zero attached hydrogens (tertiary/aromatic N) is 3. The third-order valence-corrected chi connectivity index (χ3v) is 5.63. The van der Waals surface area contributed by atoms with E-state index in [-0.39, 0.29) is 0 Å². The predicted molar refractivity (Wildman–Crippen MR) is 104 cm³/mol. The van der Waals surface area contributed by atoms with Crippen LogP contribution in [0.15, 0.2) is 64.6 Å². The Labute approximate surface area is 157 Å². The number of aromatic nitrogens is 3. The molecule has 6 heteroatoms. The molecule has 0 saturated heterocycles. The number of hydrogen-bond donors (Lipinski definition) is 0. The Bertz CT molecular complexity index is 788. The molecule has 0 fully saturated rings. The SMILES string of the molecule is Cc1ccc(SCc2nnc(SCCOc3ccccc3)n2C)cc1. The number of aryl methyl sites for hydroxylation is 1. The lowest BCUT2D eigenvalue weighted by Gasteiger charge is -2.06. The number of para-hydroxylation sites is 1. The Hall–Kier alpha value is -1.92. The topological polar surface area (TPSA) is 39.9 Å². The molecule has 0 aliphatic rings. The molecule has 0 aliphatic heterocycles. The van der Waals surface area contributed by atoms with Gasteiger partial charge in [0.15, 0.2) is 5.16 Å². The summed E-state index contributed by atoms with van der Waals surface area (Å²) in [4.78, 5) is 1.25. The van der Waals surface area contributed by atoms with Crippen molar-refractivity contribution in [1.29, 1.82) is 0 Å². The second-order valence-electron chi connectivity index (χ2n) is 5.57. The van der Waals surface area contributed by atoms with Crippen LogP contribution in [0.5, 0.6) is 5.75 Å². The van der Waals surface area contributed by atoms with Gasteiger partial charge in [-0.05, 0) is 31.2 Å². The molecule has 0 N–H and O–H groups in total. The molecule has 0 bridgehead atoms. The lowest BCUT2D eigenvalue weighted by atomic mass is 10.2. The van der Waals surface area contributed by atoms with Crippen molar-refractivity contribution in [3.63, 3.8) is 0 Å². The molecule has 0 atom stereocenters. The van der Waals surface area contributed by atoms with Crippen LogP contribution in [0.2, 0.25) is 0 Å². The standard InChI is InChI=1S/C19H21N3OS2/c1-15-8-10-17(11-9-15)25-14-18-20-21-19(22(18)2)24-13-12-23-16-6-4-3-5-7-16/h3-11H,12-14H2,1-2H3. The average Bonchev–Trinajstić information content (AvgIpc) is 2.99. The van der Waals surface area contributed by atoms with Gasteiger partial charge in [0.05, 0.1) is 12.4 Å². The summed E-state index contributed by atoms with van der Waals surface area (Å²) in [5.74, 6) is 3.54. The molecule has 0 spiro atoms. The van der Waals surface area contributed by atoms with Gasteiger partial charge in [-0.1, -0.05) is 47.7 Å². The van der Waals surface area contributed by atoms with E-state index in [2.05, 4.69) is 46.0 Å². The van der Waals surface area contributed by atoms with Crippen molar-refractivity contribution in [2.75, 3.05) is 12.4 Å². The third kappa shape index (κ3) is 5.28. The Kier molecular flexibility index (Phi) is 6.42. The Morgan fingerprint density at radius 1 is 0.960 bits per heavy atom. The zero-order chi connectivity index (χ0) is 17.5. The van der Waals surface area contributed by atoms with Gasteiger partial charge in [-0.15, -0.1) is 22.0 Å². The Balaban J connectivity index is 1.46. The van der Waals surface area contributed by atoms with Crippen LogP contribution in [-0.4, -0.2) is 27.1 Å². The number of ether oxygens (including phenoxy) is 1. The summed E-state index contributed by atoms with van der Waals surface area (Å²) >= 11 is 3.44. The highest BCUT2D eigenvalue weighted by atomic mass is 32.2. The molecule has 0 saturated carbocycles. The van der Waals surface area contributed by atoms with Gasteiger partial charge in [0, 0.05) is 17.7 Å². The smallest absolute Gasteiger partial charge is 0.191 e. The highest BCUT2D eigenvalue weighted by Crippen LogP contribution is 2.24. The van der Waals surface area contributed by atoms with Crippen molar-refractivity contribution >= 4 is 23.5 Å². The van der Waals surface area contributed by atoms with Crippen molar-refractivity contribution in [1.82, 2.24) is 14.8 Å². The van der Waals surface area contributed by atoms with Crippen molar-refractivity contribution in [3.05, 3.63) is 66.0 Å². The van der Waals surface area contributed by atoms with Gasteiger partial charge < -0.3 is 9.30 Å². The lowest BCUT2D eigenvalue weighted by molar-refractivity contribution is 0.344. The molecule has 0 radical (unpaired) electrons. The van der Waals surface area contributed by atoms with Crippen molar-refractivity contribution in [2.24, 2.45) is 7.05 Å². The molecule has 1 heterocycles. The summed E-state index contributed by atoms with van der Waals surface area (Å²) in [6.07, 6.45) is 0. The molecular formula is C19H21N3OS2. The van der Waals surface area contributed by atoms with Gasteiger partial charge in [0.2, 0.25) is 0 Å². The van der Waals surface area contributed by atoms with Crippen LogP contribution in [0.25, 0.3) is 0 Å². The molecule has 3 aromatic rings. The van der Waals surface area contributed by atoms with Crippen LogP contribution in [0.3, 0.4) is 0 Å². The van der Waals surface area contributed by atoms with E-state index < -0.39 is 0 Å². The van der Waals surface area contributed by atoms with Gasteiger partial charge in [0.1, 0.15) is 11.6 Å². The van der Waals surface area contributed by atoms with Gasteiger partial charge in [-0.2, -0.15) is 0 Å². The summed E-state index contributed by atoms with van der Waals surface area (Å²) < 4.78 is 7.77. The highest BCUT2D eigenvalue weighted by molar-refractivity contribution is 7.99. The zero-order valence-corrected chi connectivity index (χ0v) is 16.0. The summed E-state index contributed by atoms with van der Waals surface area (Å²) in [6.45, 7) is 2.75. The van der Waals surface area contributed by atoms with E-state index >= 15 is 0 Å². The number of thioether (sulfide) groups is 2. The van der Waals surface area contributed by atoms with Crippen molar-refractivity contribution < 1.29 is 4.74 Å². The van der Waals surface area contributed by atoms with Gasteiger partial charge >= 0.3 is 0 Å². The van der Waals surface area contributed by atoms with E-state index in [1.54, 1.807) is 23.5 Å². The molecule has 0 aliphatic carbocycles. The first kappa shape index (κ1) is 17.9. The van der Waals surface area contributed by atoms with E-state index in [4.69, 9.17) is 4.74 Å². The molecule has 4 nitrogen and oxygen atoms in total. The predicted octanol–water partition coefficient (Wildman–Crippen LogP) is 4.59. The van der Waals surface area contributed by atoms with Gasteiger partial charge in [-0.25, -0.2) is 0 Å². The zero-order valence-electron chi connectivity index (χ0n) is 14.4. The van der Waals surface area contributed by atoms with E-state index in [1.165, 1.54) is 10.5 Å². The van der Waals surface area contributed by atoms with Crippen molar-refractivity contribution in [2.45, 2.75) is 22.7 Å². The van der Waals surface area contributed by atoms with E-state index in [0.717, 1.165) is 28.2 Å². The molecule has 1 aromatic heterocycles. The van der Waals surface area contributed by atoms with E-state index in [1.807, 2.05) is 37.4 Å². The van der Waals surface area contributed by atoms with Crippen LogP contribution in [-0.2, 0) is 12.8 Å².